The van der Waals surface area contributed by atoms with Crippen molar-refractivity contribution in [2.75, 3.05) is 11.4 Å². The van der Waals surface area contributed by atoms with Gasteiger partial charge < -0.3 is 4.74 Å². The van der Waals surface area contributed by atoms with E-state index in [1.54, 1.807) is 16.4 Å². The van der Waals surface area contributed by atoms with Crippen molar-refractivity contribution in [1.82, 2.24) is 0 Å². The largest absolute Gasteiger partial charge is 0.495 e. The summed E-state index contributed by atoms with van der Waals surface area (Å²) >= 11 is 0. The van der Waals surface area contributed by atoms with E-state index in [1.807, 2.05) is 44.2 Å². The summed E-state index contributed by atoms with van der Waals surface area (Å²) in [7, 11) is -2.18. The fraction of sp³-hybridized carbons (Fsp3) is 0.333. The van der Waals surface area contributed by atoms with Gasteiger partial charge in [0.15, 0.2) is 0 Å². The summed E-state index contributed by atoms with van der Waals surface area (Å²) in [5, 5.41) is 0. The molecule has 0 unspecified atom stereocenters. The normalized spacial score (nSPS) is 17.7. The molecule has 0 saturated heterocycles. The Morgan fingerprint density at radius 3 is 2.65 bits per heavy atom. The fourth-order valence-corrected chi connectivity index (χ4v) is 5.08. The fourth-order valence-electron chi connectivity index (χ4n) is 3.11. The molecule has 0 amide bonds. The minimum absolute atomic E-state index is 0.0832. The lowest BCUT2D eigenvalue weighted by Gasteiger charge is -2.36. The van der Waals surface area contributed by atoms with Crippen LogP contribution < -0.4 is 9.04 Å². The van der Waals surface area contributed by atoms with Crippen LogP contribution in [0, 0.1) is 6.92 Å². The molecular weight excluding hydrogens is 310 g/mol. The molecule has 1 aliphatic heterocycles. The molecule has 122 valence electrons. The van der Waals surface area contributed by atoms with Gasteiger partial charge in [-0.15, -0.1) is 0 Å². The number of nitrogens with zero attached hydrogens (tertiary/aromatic N) is 1. The van der Waals surface area contributed by atoms with E-state index in [4.69, 9.17) is 4.74 Å². The maximum atomic E-state index is 13.3. The first kappa shape index (κ1) is 15.9. The van der Waals surface area contributed by atoms with Gasteiger partial charge in [0.05, 0.1) is 12.8 Å². The topological polar surface area (TPSA) is 46.6 Å². The SMILES string of the molecule is COc1ccc(C)cc1S(=O)(=O)N1c2ccccc2CC[C@H]1C. The third kappa shape index (κ3) is 2.70. The second-order valence-corrected chi connectivity index (χ2v) is 7.75. The van der Waals surface area contributed by atoms with E-state index in [2.05, 4.69) is 0 Å². The quantitative estimate of drug-likeness (QED) is 0.864. The Balaban J connectivity index is 2.19. The molecule has 0 saturated carbocycles. The van der Waals surface area contributed by atoms with E-state index in [9.17, 15) is 8.42 Å². The van der Waals surface area contributed by atoms with Crippen LogP contribution in [0.4, 0.5) is 5.69 Å². The summed E-state index contributed by atoms with van der Waals surface area (Å²) in [4.78, 5) is 0.226. The van der Waals surface area contributed by atoms with Gasteiger partial charge in [-0.2, -0.15) is 0 Å². The molecule has 1 heterocycles. The molecule has 4 nitrogen and oxygen atoms in total. The van der Waals surface area contributed by atoms with Crippen molar-refractivity contribution in [1.29, 1.82) is 0 Å². The lowest BCUT2D eigenvalue weighted by Crippen LogP contribution is -2.42. The highest BCUT2D eigenvalue weighted by Gasteiger charge is 2.35. The van der Waals surface area contributed by atoms with E-state index in [0.29, 0.717) is 5.75 Å². The maximum absolute atomic E-state index is 13.3. The highest BCUT2D eigenvalue weighted by Crippen LogP contribution is 2.37. The van der Waals surface area contributed by atoms with Crippen LogP contribution >= 0.6 is 0 Å². The first-order valence-electron chi connectivity index (χ1n) is 7.72. The molecule has 23 heavy (non-hydrogen) atoms. The highest BCUT2D eigenvalue weighted by atomic mass is 32.2. The van der Waals surface area contributed by atoms with E-state index in [-0.39, 0.29) is 10.9 Å². The monoisotopic (exact) mass is 331 g/mol. The third-order valence-electron chi connectivity index (χ3n) is 4.32. The van der Waals surface area contributed by atoms with Crippen LogP contribution in [0.5, 0.6) is 5.75 Å². The molecule has 3 rings (SSSR count). The smallest absolute Gasteiger partial charge is 0.268 e. The van der Waals surface area contributed by atoms with Crippen molar-refractivity contribution in [3.05, 3.63) is 53.6 Å². The summed E-state index contributed by atoms with van der Waals surface area (Å²) in [5.41, 5.74) is 2.73. The van der Waals surface area contributed by atoms with Gasteiger partial charge in [-0.1, -0.05) is 24.3 Å². The Morgan fingerprint density at radius 1 is 1.17 bits per heavy atom. The summed E-state index contributed by atoms with van der Waals surface area (Å²) in [5.74, 6) is 0.380. The van der Waals surface area contributed by atoms with Crippen molar-refractivity contribution >= 4 is 15.7 Å². The van der Waals surface area contributed by atoms with Gasteiger partial charge in [0.2, 0.25) is 0 Å². The number of benzene rings is 2. The van der Waals surface area contributed by atoms with Crippen molar-refractivity contribution in [3.8, 4) is 5.75 Å². The molecule has 0 aliphatic carbocycles. The number of para-hydroxylation sites is 1. The van der Waals surface area contributed by atoms with Crippen LogP contribution in [0.3, 0.4) is 0 Å². The molecule has 2 aromatic carbocycles. The number of hydrogen-bond donors (Lipinski definition) is 0. The average Bonchev–Trinajstić information content (AvgIpc) is 2.54. The number of ether oxygens (including phenoxy) is 1. The number of fused-ring (bicyclic) bond motifs is 1. The van der Waals surface area contributed by atoms with Gasteiger partial charge in [0.25, 0.3) is 10.0 Å². The van der Waals surface area contributed by atoms with Gasteiger partial charge >= 0.3 is 0 Å². The van der Waals surface area contributed by atoms with E-state index < -0.39 is 10.0 Å². The van der Waals surface area contributed by atoms with Gasteiger partial charge in [-0.25, -0.2) is 8.42 Å². The van der Waals surface area contributed by atoms with Gasteiger partial charge in [0, 0.05) is 6.04 Å². The second-order valence-electron chi connectivity index (χ2n) is 5.97. The number of anilines is 1. The van der Waals surface area contributed by atoms with E-state index in [0.717, 1.165) is 29.7 Å². The van der Waals surface area contributed by atoms with E-state index in [1.165, 1.54) is 7.11 Å². The van der Waals surface area contributed by atoms with Crippen LogP contribution in [0.2, 0.25) is 0 Å². The Labute approximate surface area is 137 Å². The zero-order chi connectivity index (χ0) is 16.6. The molecule has 2 aromatic rings. The number of methoxy groups -OCH3 is 1. The molecule has 0 bridgehead atoms. The van der Waals surface area contributed by atoms with Crippen molar-refractivity contribution in [3.63, 3.8) is 0 Å². The van der Waals surface area contributed by atoms with Crippen molar-refractivity contribution < 1.29 is 13.2 Å². The predicted molar refractivity (Wildman–Crippen MR) is 91.6 cm³/mol. The first-order valence-corrected chi connectivity index (χ1v) is 9.16. The van der Waals surface area contributed by atoms with Crippen LogP contribution in [-0.2, 0) is 16.4 Å². The number of hydrogen-bond acceptors (Lipinski definition) is 3. The summed E-state index contributed by atoms with van der Waals surface area (Å²) < 4.78 is 33.5. The van der Waals surface area contributed by atoms with Crippen LogP contribution in [0.1, 0.15) is 24.5 Å². The lowest BCUT2D eigenvalue weighted by atomic mass is 9.99. The Bertz CT molecular complexity index is 830. The number of sulfonamides is 1. The predicted octanol–water partition coefficient (Wildman–Crippen LogP) is 3.53. The maximum Gasteiger partial charge on any atom is 0.268 e. The van der Waals surface area contributed by atoms with Crippen molar-refractivity contribution in [2.45, 2.75) is 37.6 Å². The molecule has 0 N–H and O–H groups in total. The van der Waals surface area contributed by atoms with Gasteiger partial charge in [0.1, 0.15) is 10.6 Å². The Morgan fingerprint density at radius 2 is 1.91 bits per heavy atom. The van der Waals surface area contributed by atoms with Gasteiger partial charge in [-0.3, -0.25) is 4.31 Å². The molecule has 0 radical (unpaired) electrons. The third-order valence-corrected chi connectivity index (χ3v) is 6.27. The van der Waals surface area contributed by atoms with Crippen LogP contribution in [-0.4, -0.2) is 21.6 Å². The molecule has 1 atom stereocenters. The summed E-state index contributed by atoms with van der Waals surface area (Å²) in [6.07, 6.45) is 1.71. The summed E-state index contributed by atoms with van der Waals surface area (Å²) in [6, 6.07) is 12.9. The van der Waals surface area contributed by atoms with Crippen LogP contribution in [0.25, 0.3) is 0 Å². The molecule has 0 spiro atoms. The van der Waals surface area contributed by atoms with Crippen molar-refractivity contribution in [2.24, 2.45) is 0 Å². The standard InChI is InChI=1S/C18H21NO3S/c1-13-8-11-17(22-3)18(12-13)23(20,21)19-14(2)9-10-15-6-4-5-7-16(15)19/h4-8,11-12,14H,9-10H2,1-3H3/t14-/m1/s1. The Hall–Kier alpha value is -2.01. The van der Waals surface area contributed by atoms with Crippen LogP contribution in [0.15, 0.2) is 47.4 Å². The Kier molecular flexibility index (Phi) is 4.06. The van der Waals surface area contributed by atoms with Gasteiger partial charge in [-0.05, 0) is 56.0 Å². The molecule has 0 aromatic heterocycles. The number of rotatable bonds is 3. The van der Waals surface area contributed by atoms with E-state index >= 15 is 0 Å². The first-order chi connectivity index (χ1) is 10.9. The zero-order valence-corrected chi connectivity index (χ0v) is 14.4. The minimum Gasteiger partial charge on any atom is -0.495 e. The zero-order valence-electron chi connectivity index (χ0n) is 13.6. The highest BCUT2D eigenvalue weighted by molar-refractivity contribution is 7.93. The summed E-state index contributed by atoms with van der Waals surface area (Å²) in [6.45, 7) is 3.84. The average molecular weight is 331 g/mol. The number of aryl methyl sites for hydroxylation is 2. The molecular formula is C18H21NO3S. The minimum atomic E-state index is -3.68. The second kappa shape index (κ2) is 5.89. The molecule has 0 fully saturated rings. The lowest BCUT2D eigenvalue weighted by molar-refractivity contribution is 0.402. The molecule has 1 aliphatic rings. The molecule has 5 heteroatoms.